The lowest BCUT2D eigenvalue weighted by atomic mass is 10.3. The van der Waals surface area contributed by atoms with Crippen molar-refractivity contribution in [2.24, 2.45) is 0 Å². The predicted octanol–water partition coefficient (Wildman–Crippen LogP) is -1.37. The minimum atomic E-state index is 1.07. The smallest absolute Gasteiger partial charge is 0.0258 e. The molecule has 2 rings (SSSR count). The first kappa shape index (κ1) is 24.0. The molecule has 0 amide bonds. The molecule has 0 bridgehead atoms. The summed E-state index contributed by atoms with van der Waals surface area (Å²) < 4.78 is 0. The highest BCUT2D eigenvalue weighted by Crippen LogP contribution is 2.02. The number of nitrogens with one attached hydrogen (secondary N) is 6. The van der Waals surface area contributed by atoms with Crippen molar-refractivity contribution in [1.82, 2.24) is 41.9 Å². The van der Waals surface area contributed by atoms with Crippen LogP contribution < -0.4 is 31.9 Å². The Morgan fingerprint density at radius 3 is 1.00 bits per heavy atom. The molecule has 0 aromatic carbocycles. The molecule has 0 aromatic heterocycles. The minimum Gasteiger partial charge on any atom is -0.315 e. The summed E-state index contributed by atoms with van der Waals surface area (Å²) in [6.07, 6.45) is 4.81. The van der Waals surface area contributed by atoms with Crippen LogP contribution in [0.3, 0.4) is 0 Å². The quantitative estimate of drug-likeness (QED) is 0.323. The number of hydrogen-bond donors (Lipinski definition) is 6. The van der Waals surface area contributed by atoms with Crippen LogP contribution in [0.4, 0.5) is 0 Å². The van der Waals surface area contributed by atoms with Crippen LogP contribution in [0.25, 0.3) is 0 Å². The van der Waals surface area contributed by atoms with Crippen LogP contribution in [0.1, 0.15) is 25.7 Å². The van der Waals surface area contributed by atoms with Gasteiger partial charge in [0.25, 0.3) is 0 Å². The molecule has 28 heavy (non-hydrogen) atoms. The van der Waals surface area contributed by atoms with Gasteiger partial charge in [-0.25, -0.2) is 10.0 Å². The maximum absolute atomic E-state index is 3.63. The van der Waals surface area contributed by atoms with Crippen LogP contribution >= 0.6 is 0 Å². The lowest BCUT2D eigenvalue weighted by Crippen LogP contribution is -2.50. The topological polar surface area (TPSA) is 78.7 Å². The van der Waals surface area contributed by atoms with Gasteiger partial charge in [-0.15, -0.1) is 0 Å². The van der Waals surface area contributed by atoms with E-state index in [0.29, 0.717) is 0 Å². The van der Waals surface area contributed by atoms with E-state index in [1.165, 1.54) is 25.7 Å². The summed E-state index contributed by atoms with van der Waals surface area (Å²) in [4.78, 5) is 0. The number of nitrogens with zero attached hydrogens (tertiary/aromatic N) is 2. The van der Waals surface area contributed by atoms with E-state index >= 15 is 0 Å². The average Bonchev–Trinajstić information content (AvgIpc) is 2.71. The minimum absolute atomic E-state index is 1.07. The van der Waals surface area contributed by atoms with E-state index in [4.69, 9.17) is 0 Å². The molecule has 2 heterocycles. The third-order valence-corrected chi connectivity index (χ3v) is 5.40. The zero-order valence-corrected chi connectivity index (χ0v) is 18.0. The van der Waals surface area contributed by atoms with Crippen LogP contribution in [-0.4, -0.2) is 115 Å². The second-order valence-corrected chi connectivity index (χ2v) is 7.82. The van der Waals surface area contributed by atoms with E-state index in [1.807, 2.05) is 0 Å². The first-order valence-electron chi connectivity index (χ1n) is 11.7. The van der Waals surface area contributed by atoms with Crippen LogP contribution in [0.2, 0.25) is 0 Å². The van der Waals surface area contributed by atoms with Gasteiger partial charge in [0, 0.05) is 65.4 Å². The molecular weight excluding hydrogens is 352 g/mol. The summed E-state index contributed by atoms with van der Waals surface area (Å²) in [5.74, 6) is 0. The average molecular weight is 399 g/mol. The van der Waals surface area contributed by atoms with Gasteiger partial charge in [-0.3, -0.25) is 0 Å². The fourth-order valence-corrected chi connectivity index (χ4v) is 3.76. The second-order valence-electron chi connectivity index (χ2n) is 7.82. The van der Waals surface area contributed by atoms with Crippen molar-refractivity contribution in [1.29, 1.82) is 0 Å². The van der Waals surface area contributed by atoms with Gasteiger partial charge in [0.15, 0.2) is 0 Å². The molecular formula is C20H46N8. The van der Waals surface area contributed by atoms with Crippen molar-refractivity contribution in [2.75, 3.05) is 105 Å². The summed E-state index contributed by atoms with van der Waals surface area (Å²) in [5.41, 5.74) is 0. The lowest BCUT2D eigenvalue weighted by Gasteiger charge is -2.36. The largest absolute Gasteiger partial charge is 0.315 e. The molecule has 0 atom stereocenters. The predicted molar refractivity (Wildman–Crippen MR) is 119 cm³/mol. The molecule has 2 fully saturated rings. The van der Waals surface area contributed by atoms with Crippen LogP contribution in [0.5, 0.6) is 0 Å². The SMILES string of the molecule is C1CNCCNCCCN(N2CCCNCCNCCCNCC2)CCNC1. The van der Waals surface area contributed by atoms with Crippen molar-refractivity contribution in [2.45, 2.75) is 25.7 Å². The molecule has 2 saturated heterocycles. The number of hydrazine groups is 1. The first-order valence-corrected chi connectivity index (χ1v) is 11.7. The van der Waals surface area contributed by atoms with E-state index in [2.05, 4.69) is 41.9 Å². The molecule has 0 unspecified atom stereocenters. The van der Waals surface area contributed by atoms with Crippen LogP contribution in [0.15, 0.2) is 0 Å². The van der Waals surface area contributed by atoms with E-state index in [9.17, 15) is 0 Å². The van der Waals surface area contributed by atoms with Gasteiger partial charge < -0.3 is 31.9 Å². The third kappa shape index (κ3) is 12.3. The lowest BCUT2D eigenvalue weighted by molar-refractivity contribution is -0.0249. The fourth-order valence-electron chi connectivity index (χ4n) is 3.76. The Labute approximate surface area is 172 Å². The Bertz CT molecular complexity index is 284. The second kappa shape index (κ2) is 17.5. The van der Waals surface area contributed by atoms with Gasteiger partial charge in [-0.1, -0.05) is 0 Å². The van der Waals surface area contributed by atoms with Crippen LogP contribution in [0, 0.1) is 0 Å². The highest BCUT2D eigenvalue weighted by atomic mass is 15.6. The number of hydrogen-bond acceptors (Lipinski definition) is 8. The molecule has 0 aliphatic carbocycles. The molecule has 0 spiro atoms. The summed E-state index contributed by atoms with van der Waals surface area (Å²) in [7, 11) is 0. The maximum Gasteiger partial charge on any atom is 0.0258 e. The first-order chi connectivity index (χ1) is 14.0. The Kier molecular flexibility index (Phi) is 15.0. The Balaban J connectivity index is 1.82. The number of rotatable bonds is 1. The van der Waals surface area contributed by atoms with Gasteiger partial charge in [-0.2, -0.15) is 0 Å². The molecule has 8 nitrogen and oxygen atoms in total. The van der Waals surface area contributed by atoms with Crippen molar-refractivity contribution >= 4 is 0 Å². The molecule has 2 aliphatic heterocycles. The normalized spacial score (nSPS) is 26.1. The summed E-state index contributed by atoms with van der Waals surface area (Å²) in [5, 5.41) is 26.6. The molecule has 0 saturated carbocycles. The van der Waals surface area contributed by atoms with Crippen molar-refractivity contribution in [3.63, 3.8) is 0 Å². The van der Waals surface area contributed by atoms with Gasteiger partial charge in [0.1, 0.15) is 0 Å². The third-order valence-electron chi connectivity index (χ3n) is 5.40. The standard InChI is InChI=1S/C20H46N8/c1-5-21-11-13-23-9-3-17-27(19-15-25-7-1)28-18-4-10-24-14-12-22-6-2-8-26-16-20-28/h21-26H,1-20H2. The Morgan fingerprint density at radius 2 is 0.607 bits per heavy atom. The fraction of sp³-hybridized carbons (Fsp3) is 1.00. The zero-order chi connectivity index (χ0) is 19.5. The monoisotopic (exact) mass is 398 g/mol. The van der Waals surface area contributed by atoms with Crippen molar-refractivity contribution in [3.8, 4) is 0 Å². The Hall–Kier alpha value is -0.320. The molecule has 0 aromatic rings. The van der Waals surface area contributed by atoms with Crippen LogP contribution in [-0.2, 0) is 0 Å². The zero-order valence-electron chi connectivity index (χ0n) is 18.0. The van der Waals surface area contributed by atoms with E-state index in [0.717, 1.165) is 105 Å². The van der Waals surface area contributed by atoms with Crippen molar-refractivity contribution < 1.29 is 0 Å². The van der Waals surface area contributed by atoms with Gasteiger partial charge >= 0.3 is 0 Å². The highest BCUT2D eigenvalue weighted by molar-refractivity contribution is 4.67. The molecule has 8 heteroatoms. The summed E-state index contributed by atoms with van der Waals surface area (Å²) in [6, 6.07) is 0. The van der Waals surface area contributed by atoms with E-state index < -0.39 is 0 Å². The Morgan fingerprint density at radius 1 is 0.286 bits per heavy atom. The highest BCUT2D eigenvalue weighted by Gasteiger charge is 2.15. The summed E-state index contributed by atoms with van der Waals surface area (Å²) in [6.45, 7) is 17.5. The van der Waals surface area contributed by atoms with Gasteiger partial charge in [-0.05, 0) is 65.0 Å². The van der Waals surface area contributed by atoms with Gasteiger partial charge in [0.2, 0.25) is 0 Å². The van der Waals surface area contributed by atoms with E-state index in [1.54, 1.807) is 0 Å². The molecule has 0 radical (unpaired) electrons. The van der Waals surface area contributed by atoms with E-state index in [-0.39, 0.29) is 0 Å². The molecule has 166 valence electrons. The van der Waals surface area contributed by atoms with Crippen molar-refractivity contribution in [3.05, 3.63) is 0 Å². The van der Waals surface area contributed by atoms with Gasteiger partial charge in [0.05, 0.1) is 0 Å². The molecule has 6 N–H and O–H groups in total. The summed E-state index contributed by atoms with van der Waals surface area (Å²) >= 11 is 0. The maximum atomic E-state index is 3.63. The molecule has 2 aliphatic rings.